The number of carbonyl (C=O) groups excluding carboxylic acids is 2. The third-order valence-corrected chi connectivity index (χ3v) is 6.10. The molecule has 30 heavy (non-hydrogen) atoms. The van der Waals surface area contributed by atoms with E-state index >= 15 is 0 Å². The molecule has 0 radical (unpaired) electrons. The molecule has 0 atom stereocenters. The Morgan fingerprint density at radius 2 is 1.87 bits per heavy atom. The third kappa shape index (κ3) is 3.37. The van der Waals surface area contributed by atoms with Gasteiger partial charge in [0.25, 0.3) is 5.91 Å². The lowest BCUT2D eigenvalue weighted by Crippen LogP contribution is -2.21. The largest absolute Gasteiger partial charge is 0.462 e. The molecular weight excluding hydrogens is 402 g/mol. The summed E-state index contributed by atoms with van der Waals surface area (Å²) >= 11 is 1.26. The van der Waals surface area contributed by atoms with E-state index < -0.39 is 17.5 Å². The van der Waals surface area contributed by atoms with Gasteiger partial charge in [0.05, 0.1) is 12.2 Å². The summed E-state index contributed by atoms with van der Waals surface area (Å²) in [5, 5.41) is 5.57. The second-order valence-electron chi connectivity index (χ2n) is 6.81. The Morgan fingerprint density at radius 1 is 1.10 bits per heavy atom. The Hall–Kier alpha value is -3.45. The van der Waals surface area contributed by atoms with Crippen molar-refractivity contribution in [1.29, 1.82) is 0 Å². The highest BCUT2D eigenvalue weighted by molar-refractivity contribution is 7.16. The predicted octanol–water partition coefficient (Wildman–Crippen LogP) is 5.05. The average molecular weight is 421 g/mol. The molecule has 152 valence electrons. The van der Waals surface area contributed by atoms with E-state index in [-0.39, 0.29) is 12.2 Å². The van der Waals surface area contributed by atoms with E-state index in [0.29, 0.717) is 21.5 Å². The Bertz CT molecular complexity index is 1370. The number of amides is 1. The maximum Gasteiger partial charge on any atom is 0.349 e. The summed E-state index contributed by atoms with van der Waals surface area (Å²) < 4.78 is 10.5. The number of rotatable bonds is 4. The topological polar surface area (TPSA) is 85.6 Å². The van der Waals surface area contributed by atoms with Gasteiger partial charge in [-0.15, -0.1) is 11.3 Å². The minimum atomic E-state index is -0.738. The Labute approximate surface area is 176 Å². The molecule has 0 fully saturated rings. The van der Waals surface area contributed by atoms with Crippen LogP contribution in [0.25, 0.3) is 21.7 Å². The second kappa shape index (κ2) is 7.76. The highest BCUT2D eigenvalue weighted by Gasteiger charge is 2.24. The first-order chi connectivity index (χ1) is 14.4. The molecule has 4 rings (SSSR count). The Kier molecular flexibility index (Phi) is 5.13. The molecule has 2 aromatic heterocycles. The third-order valence-electron chi connectivity index (χ3n) is 4.98. The zero-order chi connectivity index (χ0) is 21.4. The van der Waals surface area contributed by atoms with E-state index in [0.717, 1.165) is 21.2 Å². The van der Waals surface area contributed by atoms with Gasteiger partial charge in [-0.05, 0) is 49.2 Å². The van der Waals surface area contributed by atoms with Gasteiger partial charge in [-0.3, -0.25) is 4.79 Å². The van der Waals surface area contributed by atoms with Crippen molar-refractivity contribution in [2.24, 2.45) is 0 Å². The molecule has 2 aromatic carbocycles. The molecule has 0 aliphatic heterocycles. The monoisotopic (exact) mass is 421 g/mol. The molecule has 0 saturated heterocycles. The number of thiophene rings is 1. The quantitative estimate of drug-likeness (QED) is 0.283. The van der Waals surface area contributed by atoms with Crippen LogP contribution in [0.3, 0.4) is 0 Å². The summed E-state index contributed by atoms with van der Waals surface area (Å²) in [4.78, 5) is 38.7. The first-order valence-electron chi connectivity index (χ1n) is 9.44. The molecule has 2 heterocycles. The number of hydrogen-bond acceptors (Lipinski definition) is 6. The van der Waals surface area contributed by atoms with Crippen LogP contribution in [0.5, 0.6) is 0 Å². The van der Waals surface area contributed by atoms with Gasteiger partial charge in [0.1, 0.15) is 16.1 Å². The van der Waals surface area contributed by atoms with E-state index in [1.807, 2.05) is 37.3 Å². The van der Waals surface area contributed by atoms with Crippen LogP contribution in [0.15, 0.2) is 51.7 Å². The lowest BCUT2D eigenvalue weighted by Gasteiger charge is -2.08. The zero-order valence-corrected chi connectivity index (χ0v) is 17.5. The van der Waals surface area contributed by atoms with Gasteiger partial charge in [0.2, 0.25) is 0 Å². The first-order valence-corrected chi connectivity index (χ1v) is 10.3. The van der Waals surface area contributed by atoms with Gasteiger partial charge in [0.15, 0.2) is 0 Å². The SMILES string of the molecule is CCOC(=O)c1c(NC(=O)c2cc3c(ccc4ccccc43)oc2=O)sc(C)c1C. The molecule has 0 aliphatic carbocycles. The highest BCUT2D eigenvalue weighted by atomic mass is 32.1. The van der Waals surface area contributed by atoms with Crippen molar-refractivity contribution >= 4 is 50.0 Å². The van der Waals surface area contributed by atoms with Crippen molar-refractivity contribution in [3.05, 3.63) is 74.5 Å². The summed E-state index contributed by atoms with van der Waals surface area (Å²) in [6.07, 6.45) is 0. The number of nitrogens with one attached hydrogen (secondary N) is 1. The Balaban J connectivity index is 1.79. The van der Waals surface area contributed by atoms with E-state index in [1.54, 1.807) is 19.9 Å². The molecule has 0 unspecified atom stereocenters. The van der Waals surface area contributed by atoms with Crippen LogP contribution in [0.2, 0.25) is 0 Å². The summed E-state index contributed by atoms with van der Waals surface area (Å²) in [7, 11) is 0. The number of anilines is 1. The smallest absolute Gasteiger partial charge is 0.349 e. The van der Waals surface area contributed by atoms with Gasteiger partial charge in [-0.1, -0.05) is 30.3 Å². The second-order valence-corrected chi connectivity index (χ2v) is 8.03. The fraction of sp³-hybridized carbons (Fsp3) is 0.174. The normalized spacial score (nSPS) is 11.0. The van der Waals surface area contributed by atoms with Crippen LogP contribution in [-0.2, 0) is 4.74 Å². The van der Waals surface area contributed by atoms with Crippen LogP contribution in [0, 0.1) is 13.8 Å². The van der Waals surface area contributed by atoms with Crippen molar-refractivity contribution in [2.45, 2.75) is 20.8 Å². The number of benzene rings is 2. The van der Waals surface area contributed by atoms with Gasteiger partial charge in [-0.2, -0.15) is 0 Å². The molecule has 0 bridgehead atoms. The van der Waals surface area contributed by atoms with Gasteiger partial charge in [0, 0.05) is 10.3 Å². The van der Waals surface area contributed by atoms with Crippen LogP contribution in [-0.4, -0.2) is 18.5 Å². The summed E-state index contributed by atoms with van der Waals surface area (Å²) in [6, 6.07) is 12.8. The van der Waals surface area contributed by atoms with E-state index in [1.165, 1.54) is 17.4 Å². The summed E-state index contributed by atoms with van der Waals surface area (Å²) in [6.45, 7) is 5.59. The predicted molar refractivity (Wildman–Crippen MR) is 118 cm³/mol. The lowest BCUT2D eigenvalue weighted by molar-refractivity contribution is 0.0527. The number of hydrogen-bond donors (Lipinski definition) is 1. The minimum Gasteiger partial charge on any atom is -0.462 e. The molecule has 0 saturated carbocycles. The zero-order valence-electron chi connectivity index (χ0n) is 16.7. The fourth-order valence-corrected chi connectivity index (χ4v) is 4.41. The van der Waals surface area contributed by atoms with Crippen LogP contribution >= 0.6 is 11.3 Å². The Morgan fingerprint density at radius 3 is 2.63 bits per heavy atom. The fourth-order valence-electron chi connectivity index (χ4n) is 3.36. The van der Waals surface area contributed by atoms with Crippen molar-refractivity contribution in [3.8, 4) is 0 Å². The average Bonchev–Trinajstić information content (AvgIpc) is 3.00. The van der Waals surface area contributed by atoms with Gasteiger partial charge < -0.3 is 14.5 Å². The maximum atomic E-state index is 13.0. The number of fused-ring (bicyclic) bond motifs is 3. The molecule has 4 aromatic rings. The van der Waals surface area contributed by atoms with Crippen molar-refractivity contribution in [1.82, 2.24) is 0 Å². The van der Waals surface area contributed by atoms with Crippen LogP contribution < -0.4 is 10.9 Å². The number of carbonyl (C=O) groups is 2. The molecule has 1 N–H and O–H groups in total. The van der Waals surface area contributed by atoms with E-state index in [9.17, 15) is 14.4 Å². The summed E-state index contributed by atoms with van der Waals surface area (Å²) in [5.74, 6) is -1.14. The molecule has 6 nitrogen and oxygen atoms in total. The van der Waals surface area contributed by atoms with Crippen LogP contribution in [0.4, 0.5) is 5.00 Å². The molecule has 7 heteroatoms. The van der Waals surface area contributed by atoms with Crippen LogP contribution in [0.1, 0.15) is 38.1 Å². The lowest BCUT2D eigenvalue weighted by atomic mass is 10.0. The van der Waals surface area contributed by atoms with E-state index in [2.05, 4.69) is 5.32 Å². The van der Waals surface area contributed by atoms with Crippen molar-refractivity contribution < 1.29 is 18.7 Å². The minimum absolute atomic E-state index is 0.127. The van der Waals surface area contributed by atoms with Gasteiger partial charge in [-0.25, -0.2) is 9.59 Å². The molecular formula is C23H19NO5S. The van der Waals surface area contributed by atoms with Crippen molar-refractivity contribution in [3.63, 3.8) is 0 Å². The standard InChI is InChI=1S/C23H19NO5S/c1-4-28-23(27)19-12(2)13(3)30-21(19)24-20(25)17-11-16-15-8-6-5-7-14(15)9-10-18(16)29-22(17)26/h5-11H,4H2,1-3H3,(H,24,25). The number of ether oxygens (including phenoxy) is 1. The first kappa shape index (κ1) is 19.8. The van der Waals surface area contributed by atoms with Gasteiger partial charge >= 0.3 is 11.6 Å². The maximum absolute atomic E-state index is 13.0. The molecule has 0 spiro atoms. The highest BCUT2D eigenvalue weighted by Crippen LogP contribution is 2.33. The molecule has 1 amide bonds. The number of aryl methyl sites for hydroxylation is 1. The van der Waals surface area contributed by atoms with Crippen molar-refractivity contribution in [2.75, 3.05) is 11.9 Å². The summed E-state index contributed by atoms with van der Waals surface area (Å²) in [5.41, 5.74) is 0.592. The molecule has 0 aliphatic rings. The number of esters is 1. The van der Waals surface area contributed by atoms with E-state index in [4.69, 9.17) is 9.15 Å².